The summed E-state index contributed by atoms with van der Waals surface area (Å²) in [5.41, 5.74) is 4.37. The van der Waals surface area contributed by atoms with Crippen LogP contribution in [0.4, 0.5) is 0 Å². The van der Waals surface area contributed by atoms with E-state index in [-0.39, 0.29) is 0 Å². The average molecular weight is 333 g/mol. The maximum Gasteiger partial charge on any atom is 0.139 e. The smallest absolute Gasteiger partial charge is 0.139 e. The van der Waals surface area contributed by atoms with E-state index in [1.54, 1.807) is 0 Å². The second-order valence-corrected chi connectivity index (χ2v) is 6.64. The number of benzene rings is 3. The lowest BCUT2D eigenvalue weighted by molar-refractivity contribution is 1.12. The molecule has 3 aromatic carbocycles. The number of H-pyrrole nitrogens is 1. The van der Waals surface area contributed by atoms with Crippen molar-refractivity contribution in [2.24, 2.45) is 0 Å². The fourth-order valence-electron chi connectivity index (χ4n) is 4.02. The average Bonchev–Trinajstić information content (AvgIpc) is 3.29. The molecule has 0 spiro atoms. The number of aromatic nitrogens is 3. The summed E-state index contributed by atoms with van der Waals surface area (Å²) in [7, 11) is 0. The Morgan fingerprint density at radius 1 is 0.731 bits per heavy atom. The molecule has 3 heterocycles. The van der Waals surface area contributed by atoms with E-state index in [4.69, 9.17) is 4.98 Å². The summed E-state index contributed by atoms with van der Waals surface area (Å²) in [4.78, 5) is 8.28. The van der Waals surface area contributed by atoms with Crippen LogP contribution < -0.4 is 0 Å². The third-order valence-electron chi connectivity index (χ3n) is 5.22. The Morgan fingerprint density at radius 2 is 1.58 bits per heavy atom. The van der Waals surface area contributed by atoms with Crippen molar-refractivity contribution in [1.82, 2.24) is 14.5 Å². The summed E-state index contributed by atoms with van der Waals surface area (Å²) in [6.07, 6.45) is 4.09. The normalized spacial score (nSPS) is 11.8. The number of nitrogens with one attached hydrogen (secondary N) is 1. The van der Waals surface area contributed by atoms with Gasteiger partial charge in [0.1, 0.15) is 5.65 Å². The molecule has 122 valence electrons. The molecule has 26 heavy (non-hydrogen) atoms. The first kappa shape index (κ1) is 13.7. The SMILES string of the molecule is c1ccc(-n2ccc3c4c(ncc32)[nH]c2c3ccccc3ccc24)cc1. The van der Waals surface area contributed by atoms with Gasteiger partial charge in [-0.25, -0.2) is 4.98 Å². The molecule has 1 N–H and O–H groups in total. The van der Waals surface area contributed by atoms with Gasteiger partial charge in [0, 0.05) is 33.4 Å². The Labute approximate surface area is 149 Å². The molecule has 0 amide bonds. The van der Waals surface area contributed by atoms with Crippen molar-refractivity contribution in [3.05, 3.63) is 85.2 Å². The molecule has 0 radical (unpaired) electrons. The highest BCUT2D eigenvalue weighted by atomic mass is 15.0. The summed E-state index contributed by atoms with van der Waals surface area (Å²) < 4.78 is 2.20. The molecule has 3 nitrogen and oxygen atoms in total. The zero-order chi connectivity index (χ0) is 17.1. The number of hydrogen-bond donors (Lipinski definition) is 1. The van der Waals surface area contributed by atoms with Crippen molar-refractivity contribution in [1.29, 1.82) is 0 Å². The fraction of sp³-hybridized carbons (Fsp3) is 0. The van der Waals surface area contributed by atoms with Crippen LogP contribution in [0.15, 0.2) is 85.2 Å². The lowest BCUT2D eigenvalue weighted by atomic mass is 10.1. The number of pyridine rings is 1. The highest BCUT2D eigenvalue weighted by Gasteiger charge is 2.14. The predicted molar refractivity (Wildman–Crippen MR) is 108 cm³/mol. The van der Waals surface area contributed by atoms with Crippen molar-refractivity contribution in [3.63, 3.8) is 0 Å². The molecule has 6 aromatic rings. The van der Waals surface area contributed by atoms with Gasteiger partial charge in [-0.1, -0.05) is 54.6 Å². The van der Waals surface area contributed by atoms with Crippen molar-refractivity contribution in [2.75, 3.05) is 0 Å². The second kappa shape index (κ2) is 4.96. The van der Waals surface area contributed by atoms with Gasteiger partial charge in [0.15, 0.2) is 0 Å². The molecule has 0 aliphatic heterocycles. The predicted octanol–water partition coefficient (Wildman–Crippen LogP) is 5.81. The quantitative estimate of drug-likeness (QED) is 0.404. The van der Waals surface area contributed by atoms with Crippen molar-refractivity contribution < 1.29 is 0 Å². The van der Waals surface area contributed by atoms with Crippen LogP contribution in [0.2, 0.25) is 0 Å². The maximum atomic E-state index is 4.74. The molecule has 3 aromatic heterocycles. The molecule has 0 saturated carbocycles. The number of fused-ring (bicyclic) bond motifs is 7. The van der Waals surface area contributed by atoms with Crippen LogP contribution in [-0.2, 0) is 0 Å². The molecule has 0 atom stereocenters. The number of aromatic amines is 1. The van der Waals surface area contributed by atoms with E-state index in [2.05, 4.69) is 82.5 Å². The van der Waals surface area contributed by atoms with Crippen LogP contribution in [0.5, 0.6) is 0 Å². The molecular weight excluding hydrogens is 318 g/mol. The highest BCUT2D eigenvalue weighted by Crippen LogP contribution is 2.35. The Morgan fingerprint density at radius 3 is 2.50 bits per heavy atom. The maximum absolute atomic E-state index is 4.74. The molecule has 0 bridgehead atoms. The van der Waals surface area contributed by atoms with Crippen molar-refractivity contribution >= 4 is 43.6 Å². The number of hydrogen-bond acceptors (Lipinski definition) is 1. The molecule has 0 saturated heterocycles. The van der Waals surface area contributed by atoms with Gasteiger partial charge in [0.05, 0.1) is 17.2 Å². The van der Waals surface area contributed by atoms with Gasteiger partial charge in [0.25, 0.3) is 0 Å². The van der Waals surface area contributed by atoms with E-state index in [9.17, 15) is 0 Å². The van der Waals surface area contributed by atoms with Crippen molar-refractivity contribution in [3.8, 4) is 5.69 Å². The van der Waals surface area contributed by atoms with E-state index >= 15 is 0 Å². The van der Waals surface area contributed by atoms with Crippen molar-refractivity contribution in [2.45, 2.75) is 0 Å². The zero-order valence-corrected chi connectivity index (χ0v) is 14.0. The Hall–Kier alpha value is -3.59. The summed E-state index contributed by atoms with van der Waals surface area (Å²) in [5.74, 6) is 0. The van der Waals surface area contributed by atoms with Gasteiger partial charge in [-0.2, -0.15) is 0 Å². The van der Waals surface area contributed by atoms with E-state index in [1.807, 2.05) is 12.3 Å². The number of nitrogens with zero attached hydrogens (tertiary/aromatic N) is 2. The summed E-state index contributed by atoms with van der Waals surface area (Å²) in [5, 5.41) is 6.12. The largest absolute Gasteiger partial charge is 0.339 e. The standard InChI is InChI=1S/C23H15N3/c1-2-7-16(8-3-1)26-13-12-18-20(26)14-24-23-21(18)19-11-10-15-6-4-5-9-17(15)22(19)25-23/h1-14H,(H,24,25). The topological polar surface area (TPSA) is 33.6 Å². The Balaban J connectivity index is 1.76. The molecule has 0 fully saturated rings. The van der Waals surface area contributed by atoms with E-state index < -0.39 is 0 Å². The molecular formula is C23H15N3. The first-order valence-corrected chi connectivity index (χ1v) is 8.75. The van der Waals surface area contributed by atoms with Gasteiger partial charge >= 0.3 is 0 Å². The fourth-order valence-corrected chi connectivity index (χ4v) is 4.02. The molecule has 6 rings (SSSR count). The number of rotatable bonds is 1. The first-order valence-electron chi connectivity index (χ1n) is 8.75. The minimum atomic E-state index is 0.940. The second-order valence-electron chi connectivity index (χ2n) is 6.64. The van der Waals surface area contributed by atoms with Gasteiger partial charge in [-0.3, -0.25) is 0 Å². The minimum absolute atomic E-state index is 0.940. The van der Waals surface area contributed by atoms with Crippen LogP contribution in [0.1, 0.15) is 0 Å². The lowest BCUT2D eigenvalue weighted by Gasteiger charge is -2.04. The monoisotopic (exact) mass is 333 g/mol. The van der Waals surface area contributed by atoms with E-state index in [0.29, 0.717) is 0 Å². The molecule has 0 aliphatic rings. The first-order chi connectivity index (χ1) is 12.9. The van der Waals surface area contributed by atoms with Gasteiger partial charge in [-0.05, 0) is 23.6 Å². The van der Waals surface area contributed by atoms with E-state index in [0.717, 1.165) is 22.4 Å². The Bertz CT molecular complexity index is 1420. The lowest BCUT2D eigenvalue weighted by Crippen LogP contribution is -1.91. The third kappa shape index (κ3) is 1.74. The zero-order valence-electron chi connectivity index (χ0n) is 14.0. The van der Waals surface area contributed by atoms with Crippen LogP contribution in [0.25, 0.3) is 49.3 Å². The summed E-state index contributed by atoms with van der Waals surface area (Å²) in [6, 6.07) is 25.5. The van der Waals surface area contributed by atoms with Gasteiger partial charge in [-0.15, -0.1) is 0 Å². The molecule has 0 aliphatic carbocycles. The summed E-state index contributed by atoms with van der Waals surface area (Å²) >= 11 is 0. The highest BCUT2D eigenvalue weighted by molar-refractivity contribution is 6.23. The third-order valence-corrected chi connectivity index (χ3v) is 5.22. The van der Waals surface area contributed by atoms with Crippen LogP contribution in [0.3, 0.4) is 0 Å². The Kier molecular flexibility index (Phi) is 2.61. The molecule has 3 heteroatoms. The number of para-hydroxylation sites is 1. The molecule has 0 unspecified atom stereocenters. The van der Waals surface area contributed by atoms with E-state index in [1.165, 1.54) is 26.9 Å². The van der Waals surface area contributed by atoms with Crippen LogP contribution in [0, 0.1) is 0 Å². The minimum Gasteiger partial charge on any atom is -0.339 e. The van der Waals surface area contributed by atoms with Crippen LogP contribution >= 0.6 is 0 Å². The summed E-state index contributed by atoms with van der Waals surface area (Å²) in [6.45, 7) is 0. The van der Waals surface area contributed by atoms with Gasteiger partial charge < -0.3 is 9.55 Å². The van der Waals surface area contributed by atoms with Crippen LogP contribution in [-0.4, -0.2) is 14.5 Å². The van der Waals surface area contributed by atoms with Gasteiger partial charge in [0.2, 0.25) is 0 Å².